The molecule has 1 aromatic rings. The normalized spacial score (nSPS) is 12.6. The van der Waals surface area contributed by atoms with E-state index < -0.39 is 27.8 Å². The number of nitrogens with one attached hydrogen (secondary N) is 2. The van der Waals surface area contributed by atoms with Gasteiger partial charge in [0, 0.05) is 12.1 Å². The first-order valence-corrected chi connectivity index (χ1v) is 10.0. The van der Waals surface area contributed by atoms with E-state index in [1.807, 2.05) is 13.0 Å². The highest BCUT2D eigenvalue weighted by atomic mass is 32.2. The van der Waals surface area contributed by atoms with Crippen molar-refractivity contribution in [1.29, 1.82) is 10.8 Å². The molecule has 1 rings (SSSR count). The fraction of sp³-hybridized carbons (Fsp3) is 0.526. The molecule has 152 valence electrons. The molecule has 0 aliphatic carbocycles. The van der Waals surface area contributed by atoms with E-state index >= 15 is 0 Å². The van der Waals surface area contributed by atoms with Gasteiger partial charge in [0.2, 0.25) is 5.91 Å². The minimum atomic E-state index is -1.93. The molecule has 0 saturated heterocycles. The third kappa shape index (κ3) is 5.01. The summed E-state index contributed by atoms with van der Waals surface area (Å²) in [5.74, 6) is -0.776. The van der Waals surface area contributed by atoms with Crippen LogP contribution < -0.4 is 5.32 Å². The molecule has 0 heterocycles. The van der Waals surface area contributed by atoms with Crippen LogP contribution in [0.2, 0.25) is 0 Å². The molecular formula is C19H27N5O3S. The van der Waals surface area contributed by atoms with Crippen LogP contribution in [0.4, 0.5) is 0 Å². The lowest BCUT2D eigenvalue weighted by atomic mass is 9.74. The van der Waals surface area contributed by atoms with Crippen LogP contribution >= 0.6 is 0 Å². The lowest BCUT2D eigenvalue weighted by molar-refractivity contribution is -0.137. The first-order valence-electron chi connectivity index (χ1n) is 8.91. The number of hydrogen-bond donors (Lipinski definition) is 2. The Hall–Kier alpha value is -2.60. The molecule has 0 spiro atoms. The summed E-state index contributed by atoms with van der Waals surface area (Å²) >= 11 is 0. The molecule has 9 heteroatoms. The average Bonchev–Trinajstić information content (AvgIpc) is 2.69. The molecule has 1 unspecified atom stereocenters. The smallest absolute Gasteiger partial charge is 0.251 e. The third-order valence-electron chi connectivity index (χ3n) is 4.84. The van der Waals surface area contributed by atoms with Gasteiger partial charge >= 0.3 is 0 Å². The van der Waals surface area contributed by atoms with Gasteiger partial charge in [-0.3, -0.25) is 9.59 Å². The summed E-state index contributed by atoms with van der Waals surface area (Å²) < 4.78 is 13.9. The molecular weight excluding hydrogens is 378 g/mol. The zero-order valence-electron chi connectivity index (χ0n) is 16.9. The number of hydrogen-bond acceptors (Lipinski definition) is 6. The summed E-state index contributed by atoms with van der Waals surface area (Å²) in [5, 5.41) is 15.4. The van der Waals surface area contributed by atoms with Crippen molar-refractivity contribution in [3.05, 3.63) is 29.8 Å². The van der Waals surface area contributed by atoms with Crippen LogP contribution in [-0.2, 0) is 15.8 Å². The number of nitriles is 1. The van der Waals surface area contributed by atoms with Crippen molar-refractivity contribution >= 4 is 22.8 Å². The van der Waals surface area contributed by atoms with Crippen molar-refractivity contribution in [3.8, 4) is 6.07 Å². The highest BCUT2D eigenvalue weighted by molar-refractivity contribution is 7.83. The second kappa shape index (κ2) is 9.55. The van der Waals surface area contributed by atoms with Crippen LogP contribution in [0.1, 0.15) is 51.4 Å². The Bertz CT molecular complexity index is 797. The lowest BCUT2D eigenvalue weighted by Crippen LogP contribution is -2.51. The Morgan fingerprint density at radius 3 is 2.29 bits per heavy atom. The number of carbonyl (C=O) groups excluding carboxylic acids is 2. The van der Waals surface area contributed by atoms with E-state index in [-0.39, 0.29) is 12.5 Å². The number of amides is 2. The van der Waals surface area contributed by atoms with E-state index in [4.69, 9.17) is 10.8 Å². The van der Waals surface area contributed by atoms with Crippen LogP contribution in [-0.4, -0.2) is 39.0 Å². The minimum absolute atomic E-state index is 0.232. The van der Waals surface area contributed by atoms with Gasteiger partial charge in [0.1, 0.15) is 6.54 Å². The van der Waals surface area contributed by atoms with E-state index in [2.05, 4.69) is 10.4 Å². The molecule has 0 aliphatic rings. The summed E-state index contributed by atoms with van der Waals surface area (Å²) in [4.78, 5) is 25.3. The fourth-order valence-electron chi connectivity index (χ4n) is 2.17. The van der Waals surface area contributed by atoms with Gasteiger partial charge in [-0.2, -0.15) is 10.4 Å². The topological polar surface area (TPSA) is 126 Å². The van der Waals surface area contributed by atoms with Crippen molar-refractivity contribution < 1.29 is 13.8 Å². The maximum Gasteiger partial charge on any atom is 0.251 e. The summed E-state index contributed by atoms with van der Waals surface area (Å²) in [6.45, 7) is 8.62. The summed E-state index contributed by atoms with van der Waals surface area (Å²) in [5.41, 5.74) is 5.58. The SMILES string of the molecule is CCCNC(=O)c1ccc(S(=O)N(CC#N)C(=O)C(C)(C)C(C)(C)N=N)cc1. The molecule has 2 N–H and O–H groups in total. The Kier molecular flexibility index (Phi) is 8.00. The Balaban J connectivity index is 3.14. The molecule has 8 nitrogen and oxygen atoms in total. The molecule has 0 aromatic heterocycles. The predicted molar refractivity (Wildman–Crippen MR) is 106 cm³/mol. The van der Waals surface area contributed by atoms with Crippen LogP contribution in [0, 0.1) is 22.3 Å². The maximum absolute atomic E-state index is 13.0. The molecule has 0 fully saturated rings. The van der Waals surface area contributed by atoms with Gasteiger partial charge in [-0.25, -0.2) is 14.0 Å². The van der Waals surface area contributed by atoms with E-state index in [0.29, 0.717) is 17.0 Å². The number of benzene rings is 1. The molecule has 1 atom stereocenters. The number of rotatable bonds is 9. The highest BCUT2D eigenvalue weighted by Gasteiger charge is 2.47. The Morgan fingerprint density at radius 1 is 1.25 bits per heavy atom. The first kappa shape index (κ1) is 23.4. The van der Waals surface area contributed by atoms with E-state index in [1.54, 1.807) is 27.7 Å². The molecule has 28 heavy (non-hydrogen) atoms. The largest absolute Gasteiger partial charge is 0.352 e. The predicted octanol–water partition coefficient (Wildman–Crippen LogP) is 3.04. The van der Waals surface area contributed by atoms with Crippen LogP contribution in [0.3, 0.4) is 0 Å². The van der Waals surface area contributed by atoms with Gasteiger partial charge in [0.05, 0.1) is 21.9 Å². The fourth-order valence-corrected chi connectivity index (χ4v) is 3.35. The van der Waals surface area contributed by atoms with E-state index in [1.165, 1.54) is 24.3 Å². The molecule has 0 radical (unpaired) electrons. The van der Waals surface area contributed by atoms with Crippen LogP contribution in [0.15, 0.2) is 34.3 Å². The van der Waals surface area contributed by atoms with Gasteiger partial charge in [0.15, 0.2) is 11.0 Å². The summed E-state index contributed by atoms with van der Waals surface area (Å²) in [7, 11) is -1.93. The quantitative estimate of drug-likeness (QED) is 0.483. The second-order valence-corrected chi connectivity index (χ2v) is 8.74. The lowest BCUT2D eigenvalue weighted by Gasteiger charge is -2.38. The average molecular weight is 406 g/mol. The van der Waals surface area contributed by atoms with Gasteiger partial charge < -0.3 is 5.32 Å². The molecule has 0 bridgehead atoms. The Morgan fingerprint density at radius 2 is 1.82 bits per heavy atom. The molecule has 0 saturated carbocycles. The monoisotopic (exact) mass is 405 g/mol. The molecule has 2 amide bonds. The highest BCUT2D eigenvalue weighted by Crippen LogP contribution is 2.36. The van der Waals surface area contributed by atoms with Crippen LogP contribution in [0.25, 0.3) is 0 Å². The van der Waals surface area contributed by atoms with Crippen molar-refractivity contribution in [2.24, 2.45) is 10.5 Å². The Labute approximate surface area is 168 Å². The number of nitrogens with zero attached hydrogens (tertiary/aromatic N) is 3. The standard InChI is InChI=1S/C19H27N5O3S/c1-6-12-22-16(25)14-7-9-15(10-8-14)28(27)24(13-11-20)17(26)18(2,3)19(4,5)23-21/h7-10,21H,6,12-13H2,1-5H3,(H,22,25). The summed E-state index contributed by atoms with van der Waals surface area (Å²) in [6.07, 6.45) is 0.815. The molecule has 1 aromatic carbocycles. The second-order valence-electron chi connectivity index (χ2n) is 7.33. The van der Waals surface area contributed by atoms with Gasteiger partial charge in [-0.1, -0.05) is 6.92 Å². The van der Waals surface area contributed by atoms with E-state index in [9.17, 15) is 13.8 Å². The van der Waals surface area contributed by atoms with Gasteiger partial charge in [0.25, 0.3) is 5.91 Å². The molecule has 0 aliphatic heterocycles. The first-order chi connectivity index (χ1) is 13.0. The maximum atomic E-state index is 13.0. The summed E-state index contributed by atoms with van der Waals surface area (Å²) in [6, 6.07) is 7.93. The van der Waals surface area contributed by atoms with Crippen LogP contribution in [0.5, 0.6) is 0 Å². The van der Waals surface area contributed by atoms with Crippen molar-refractivity contribution in [2.45, 2.75) is 51.5 Å². The zero-order chi connectivity index (χ0) is 21.5. The van der Waals surface area contributed by atoms with Gasteiger partial charge in [-0.15, -0.1) is 0 Å². The van der Waals surface area contributed by atoms with Gasteiger partial charge in [-0.05, 0) is 58.4 Å². The van der Waals surface area contributed by atoms with E-state index in [0.717, 1.165) is 10.7 Å². The van der Waals surface area contributed by atoms with Crippen molar-refractivity contribution in [3.63, 3.8) is 0 Å². The zero-order valence-corrected chi connectivity index (χ0v) is 17.7. The van der Waals surface area contributed by atoms with Crippen molar-refractivity contribution in [1.82, 2.24) is 9.62 Å². The minimum Gasteiger partial charge on any atom is -0.352 e. The van der Waals surface area contributed by atoms with Crippen molar-refractivity contribution in [2.75, 3.05) is 13.1 Å². The third-order valence-corrected chi connectivity index (χ3v) is 6.21. The number of carbonyl (C=O) groups is 2.